The first-order valence-corrected chi connectivity index (χ1v) is 6.38. The quantitative estimate of drug-likeness (QED) is 0.576. The normalized spacial score (nSPS) is 12.1. The fourth-order valence-corrected chi connectivity index (χ4v) is 2.39. The van der Waals surface area contributed by atoms with E-state index in [4.69, 9.17) is 5.84 Å². The predicted molar refractivity (Wildman–Crippen MR) is 77.7 cm³/mol. The van der Waals surface area contributed by atoms with E-state index in [0.29, 0.717) is 11.4 Å². The summed E-state index contributed by atoms with van der Waals surface area (Å²) in [5, 5.41) is 3.01. The first kappa shape index (κ1) is 15.4. The molecule has 1 heterocycles. The smallest absolute Gasteiger partial charge is 0.270 e. The van der Waals surface area contributed by atoms with Crippen molar-refractivity contribution in [2.45, 2.75) is 46.6 Å². The van der Waals surface area contributed by atoms with Gasteiger partial charge in [0, 0.05) is 11.7 Å². The summed E-state index contributed by atoms with van der Waals surface area (Å²) in [5.41, 5.74) is 3.38. The molecule has 0 aliphatic rings. The highest BCUT2D eigenvalue weighted by Gasteiger charge is 2.27. The average molecular weight is 264 g/mol. The molecule has 1 amide bonds. The van der Waals surface area contributed by atoms with Gasteiger partial charge in [-0.15, -0.1) is 0 Å². The Morgan fingerprint density at radius 2 is 1.95 bits per heavy atom. The van der Waals surface area contributed by atoms with Gasteiger partial charge in [-0.05, 0) is 37.8 Å². The number of nitrogens with zero attached hydrogens (tertiary/aromatic N) is 1. The lowest BCUT2D eigenvalue weighted by Crippen LogP contribution is -2.46. The van der Waals surface area contributed by atoms with Crippen molar-refractivity contribution in [2.75, 3.05) is 5.43 Å². The second-order valence-electron chi connectivity index (χ2n) is 6.65. The zero-order valence-corrected chi connectivity index (χ0v) is 12.4. The van der Waals surface area contributed by atoms with Crippen LogP contribution in [-0.2, 0) is 0 Å². The van der Waals surface area contributed by atoms with Crippen LogP contribution in [0.2, 0.25) is 0 Å². The number of anilines is 1. The van der Waals surface area contributed by atoms with Crippen LogP contribution in [0.25, 0.3) is 0 Å². The van der Waals surface area contributed by atoms with E-state index >= 15 is 0 Å². The van der Waals surface area contributed by atoms with E-state index in [0.717, 1.165) is 6.42 Å². The summed E-state index contributed by atoms with van der Waals surface area (Å²) in [5.74, 6) is 5.13. The molecule has 1 aromatic heterocycles. The molecule has 1 aromatic rings. The topological polar surface area (TPSA) is 80.0 Å². The third-order valence-corrected chi connectivity index (χ3v) is 2.58. The summed E-state index contributed by atoms with van der Waals surface area (Å²) in [4.78, 5) is 16.2. The third-order valence-electron chi connectivity index (χ3n) is 2.58. The van der Waals surface area contributed by atoms with Crippen LogP contribution in [0.4, 0.5) is 5.69 Å². The number of nitrogens with two attached hydrogens (primary N) is 1. The number of rotatable bonds is 4. The maximum Gasteiger partial charge on any atom is 0.270 e. The molecule has 4 N–H and O–H groups in total. The molecule has 0 bridgehead atoms. The van der Waals surface area contributed by atoms with E-state index in [1.54, 1.807) is 18.3 Å². The molecule has 0 aromatic carbocycles. The van der Waals surface area contributed by atoms with Gasteiger partial charge in [-0.2, -0.15) is 0 Å². The van der Waals surface area contributed by atoms with Crippen LogP contribution in [0.3, 0.4) is 0 Å². The summed E-state index contributed by atoms with van der Waals surface area (Å²) in [6, 6.07) is 3.33. The van der Waals surface area contributed by atoms with Crippen LogP contribution in [0, 0.1) is 5.41 Å². The molecule has 106 valence electrons. The summed E-state index contributed by atoms with van der Waals surface area (Å²) < 4.78 is 0. The van der Waals surface area contributed by atoms with Gasteiger partial charge in [-0.3, -0.25) is 15.6 Å². The van der Waals surface area contributed by atoms with E-state index < -0.39 is 0 Å². The maximum absolute atomic E-state index is 12.2. The first-order valence-electron chi connectivity index (χ1n) is 6.38. The van der Waals surface area contributed by atoms with Gasteiger partial charge >= 0.3 is 0 Å². The number of carbonyl (C=O) groups excluding carboxylic acids is 1. The van der Waals surface area contributed by atoms with Gasteiger partial charge in [-0.25, -0.2) is 0 Å². The minimum absolute atomic E-state index is 0.144. The molecule has 0 aliphatic heterocycles. The highest BCUT2D eigenvalue weighted by atomic mass is 16.2. The minimum atomic E-state index is -0.289. The number of hydrazine groups is 1. The fourth-order valence-electron chi connectivity index (χ4n) is 2.39. The molecule has 0 aliphatic carbocycles. The molecule has 0 fully saturated rings. The molecule has 0 atom stereocenters. The Balaban J connectivity index is 2.78. The lowest BCUT2D eigenvalue weighted by Gasteiger charge is -2.33. The number of nitrogen functional groups attached to an aromatic ring is 1. The molecule has 0 spiro atoms. The summed E-state index contributed by atoms with van der Waals surface area (Å²) >= 11 is 0. The van der Waals surface area contributed by atoms with Crippen molar-refractivity contribution >= 4 is 11.6 Å². The molecular formula is C14H24N4O. The van der Waals surface area contributed by atoms with Gasteiger partial charge in [0.15, 0.2) is 0 Å². The van der Waals surface area contributed by atoms with Gasteiger partial charge in [0.05, 0.1) is 5.69 Å². The molecule has 1 rings (SSSR count). The molecule has 0 unspecified atom stereocenters. The molecule has 5 nitrogen and oxygen atoms in total. The van der Waals surface area contributed by atoms with E-state index in [2.05, 4.69) is 36.5 Å². The van der Waals surface area contributed by atoms with E-state index in [1.165, 1.54) is 0 Å². The van der Waals surface area contributed by atoms with Gasteiger partial charge in [0.2, 0.25) is 0 Å². The number of amides is 1. The number of carbonyl (C=O) groups is 1. The number of pyridine rings is 1. The largest absolute Gasteiger partial charge is 0.346 e. The Hall–Kier alpha value is -1.62. The SMILES string of the molecule is CC(C)(C)CC(C)(C)NC(=O)c1cc(NN)ccn1. The monoisotopic (exact) mass is 264 g/mol. The predicted octanol–water partition coefficient (Wildman–Crippen LogP) is 2.31. The Morgan fingerprint density at radius 1 is 1.32 bits per heavy atom. The standard InChI is InChI=1S/C14H24N4O/c1-13(2,3)9-14(4,5)17-12(19)11-8-10(18-15)6-7-16-11/h6-8H,9,15H2,1-5H3,(H,16,18)(H,17,19). The van der Waals surface area contributed by atoms with Crippen LogP contribution in [0.5, 0.6) is 0 Å². The number of aromatic nitrogens is 1. The Labute approximate surface area is 115 Å². The van der Waals surface area contributed by atoms with E-state index in [9.17, 15) is 4.79 Å². The second-order valence-corrected chi connectivity index (χ2v) is 6.65. The van der Waals surface area contributed by atoms with Gasteiger partial charge in [0.1, 0.15) is 5.69 Å². The van der Waals surface area contributed by atoms with Crippen LogP contribution < -0.4 is 16.6 Å². The third kappa shape index (κ3) is 5.26. The Morgan fingerprint density at radius 3 is 2.47 bits per heavy atom. The molecule has 0 saturated heterocycles. The van der Waals surface area contributed by atoms with Gasteiger partial charge in [0.25, 0.3) is 5.91 Å². The van der Waals surface area contributed by atoms with Crippen LogP contribution >= 0.6 is 0 Å². The first-order chi connectivity index (χ1) is 8.63. The van der Waals surface area contributed by atoms with E-state index in [1.807, 2.05) is 13.8 Å². The highest BCUT2D eigenvalue weighted by molar-refractivity contribution is 5.93. The van der Waals surface area contributed by atoms with Crippen molar-refractivity contribution in [2.24, 2.45) is 11.3 Å². The molecular weight excluding hydrogens is 240 g/mol. The minimum Gasteiger partial charge on any atom is -0.346 e. The van der Waals surface area contributed by atoms with Gasteiger partial charge < -0.3 is 10.7 Å². The van der Waals surface area contributed by atoms with Crippen molar-refractivity contribution in [3.63, 3.8) is 0 Å². The number of hydrogen-bond donors (Lipinski definition) is 3. The summed E-state index contributed by atoms with van der Waals surface area (Å²) in [6.45, 7) is 10.5. The summed E-state index contributed by atoms with van der Waals surface area (Å²) in [6.07, 6.45) is 2.43. The molecule has 0 radical (unpaired) electrons. The van der Waals surface area contributed by atoms with Crippen molar-refractivity contribution in [3.8, 4) is 0 Å². The van der Waals surface area contributed by atoms with Crippen LogP contribution in [0.15, 0.2) is 18.3 Å². The Bertz CT molecular complexity index is 449. The lowest BCUT2D eigenvalue weighted by molar-refractivity contribution is 0.0886. The van der Waals surface area contributed by atoms with E-state index in [-0.39, 0.29) is 16.9 Å². The molecule has 0 saturated carbocycles. The Kier molecular flexibility index (Phi) is 4.52. The zero-order valence-electron chi connectivity index (χ0n) is 12.4. The van der Waals surface area contributed by atoms with Crippen molar-refractivity contribution < 1.29 is 4.79 Å². The second kappa shape index (κ2) is 5.57. The fraction of sp³-hybridized carbons (Fsp3) is 0.571. The average Bonchev–Trinajstić information content (AvgIpc) is 2.25. The van der Waals surface area contributed by atoms with Crippen LogP contribution in [-0.4, -0.2) is 16.4 Å². The van der Waals surface area contributed by atoms with Crippen LogP contribution in [0.1, 0.15) is 51.5 Å². The summed E-state index contributed by atoms with van der Waals surface area (Å²) in [7, 11) is 0. The van der Waals surface area contributed by atoms with Crippen molar-refractivity contribution in [3.05, 3.63) is 24.0 Å². The van der Waals surface area contributed by atoms with Gasteiger partial charge in [-0.1, -0.05) is 20.8 Å². The maximum atomic E-state index is 12.2. The number of nitrogens with one attached hydrogen (secondary N) is 2. The van der Waals surface area contributed by atoms with Crippen molar-refractivity contribution in [1.82, 2.24) is 10.3 Å². The highest BCUT2D eigenvalue weighted by Crippen LogP contribution is 2.27. The van der Waals surface area contributed by atoms with Crippen molar-refractivity contribution in [1.29, 1.82) is 0 Å². The zero-order chi connectivity index (χ0) is 14.7. The number of hydrogen-bond acceptors (Lipinski definition) is 4. The molecule has 19 heavy (non-hydrogen) atoms. The molecule has 5 heteroatoms. The lowest BCUT2D eigenvalue weighted by atomic mass is 9.82.